The SMILES string of the molecule is Cc1cc(C(=O)CCC(=O)OCC(=O)Nc2cccc(F)c2)c(C)s1. The van der Waals surface area contributed by atoms with E-state index < -0.39 is 24.3 Å². The Morgan fingerprint density at radius 1 is 1.16 bits per heavy atom. The Labute approximate surface area is 148 Å². The number of esters is 1. The molecule has 1 aromatic carbocycles. The molecule has 0 saturated carbocycles. The molecular weight excluding hydrogens is 345 g/mol. The number of Topliss-reactive ketones (excluding diaryl/α,β-unsaturated/α-hetero) is 1. The summed E-state index contributed by atoms with van der Waals surface area (Å²) >= 11 is 1.53. The number of thiophene rings is 1. The molecule has 2 aromatic rings. The van der Waals surface area contributed by atoms with E-state index >= 15 is 0 Å². The van der Waals surface area contributed by atoms with Crippen LogP contribution in [-0.2, 0) is 14.3 Å². The van der Waals surface area contributed by atoms with Crippen LogP contribution in [0.2, 0.25) is 0 Å². The number of halogens is 1. The van der Waals surface area contributed by atoms with E-state index in [1.165, 1.54) is 29.5 Å². The van der Waals surface area contributed by atoms with Gasteiger partial charge in [-0.3, -0.25) is 14.4 Å². The van der Waals surface area contributed by atoms with Crippen molar-refractivity contribution < 1.29 is 23.5 Å². The number of amides is 1. The third kappa shape index (κ3) is 5.79. The number of rotatable bonds is 7. The van der Waals surface area contributed by atoms with Gasteiger partial charge in [0.05, 0.1) is 6.42 Å². The summed E-state index contributed by atoms with van der Waals surface area (Å²) in [4.78, 5) is 37.4. The average molecular weight is 363 g/mol. The van der Waals surface area contributed by atoms with E-state index in [1.54, 1.807) is 6.07 Å². The highest BCUT2D eigenvalue weighted by atomic mass is 32.1. The van der Waals surface area contributed by atoms with Crippen LogP contribution in [0.25, 0.3) is 0 Å². The van der Waals surface area contributed by atoms with Crippen LogP contribution >= 0.6 is 11.3 Å². The van der Waals surface area contributed by atoms with Gasteiger partial charge in [0.25, 0.3) is 5.91 Å². The van der Waals surface area contributed by atoms with Gasteiger partial charge in [-0.1, -0.05) is 6.07 Å². The van der Waals surface area contributed by atoms with Gasteiger partial charge in [0.15, 0.2) is 12.4 Å². The molecule has 0 aliphatic carbocycles. The molecule has 0 fully saturated rings. The lowest BCUT2D eigenvalue weighted by molar-refractivity contribution is -0.147. The van der Waals surface area contributed by atoms with Gasteiger partial charge in [0.1, 0.15) is 5.82 Å². The van der Waals surface area contributed by atoms with Crippen molar-refractivity contribution in [3.05, 3.63) is 51.5 Å². The number of hydrogen-bond acceptors (Lipinski definition) is 5. The van der Waals surface area contributed by atoms with Crippen molar-refractivity contribution in [1.29, 1.82) is 0 Å². The van der Waals surface area contributed by atoms with Crippen LogP contribution in [0, 0.1) is 19.7 Å². The topological polar surface area (TPSA) is 72.5 Å². The van der Waals surface area contributed by atoms with Crippen molar-refractivity contribution in [2.75, 3.05) is 11.9 Å². The Kier molecular flexibility index (Phi) is 6.41. The molecule has 0 bridgehead atoms. The molecule has 1 aromatic heterocycles. The van der Waals surface area contributed by atoms with Crippen LogP contribution in [0.4, 0.5) is 10.1 Å². The Balaban J connectivity index is 1.74. The summed E-state index contributed by atoms with van der Waals surface area (Å²) < 4.78 is 17.8. The summed E-state index contributed by atoms with van der Waals surface area (Å²) in [5, 5.41) is 2.42. The van der Waals surface area contributed by atoms with Crippen LogP contribution in [-0.4, -0.2) is 24.3 Å². The van der Waals surface area contributed by atoms with Crippen molar-refractivity contribution in [3.8, 4) is 0 Å². The van der Waals surface area contributed by atoms with Gasteiger partial charge in [-0.2, -0.15) is 0 Å². The number of anilines is 1. The molecule has 0 aliphatic rings. The molecule has 0 spiro atoms. The number of ketones is 1. The average Bonchev–Trinajstić information content (AvgIpc) is 2.89. The van der Waals surface area contributed by atoms with E-state index in [1.807, 2.05) is 13.8 Å². The Hall–Kier alpha value is -2.54. The predicted octanol–water partition coefficient (Wildman–Crippen LogP) is 3.65. The maximum atomic E-state index is 13.0. The highest BCUT2D eigenvalue weighted by Gasteiger charge is 2.15. The maximum absolute atomic E-state index is 13.0. The first-order chi connectivity index (χ1) is 11.8. The van der Waals surface area contributed by atoms with Crippen LogP contribution in [0.1, 0.15) is 33.0 Å². The summed E-state index contributed by atoms with van der Waals surface area (Å²) in [5.74, 6) is -1.81. The minimum Gasteiger partial charge on any atom is -0.456 e. The van der Waals surface area contributed by atoms with E-state index in [4.69, 9.17) is 4.74 Å². The van der Waals surface area contributed by atoms with Gasteiger partial charge < -0.3 is 10.1 Å². The molecule has 0 atom stereocenters. The Morgan fingerprint density at radius 2 is 1.92 bits per heavy atom. The van der Waals surface area contributed by atoms with Crippen LogP contribution in [0.3, 0.4) is 0 Å². The fraction of sp³-hybridized carbons (Fsp3) is 0.278. The van der Waals surface area contributed by atoms with E-state index in [2.05, 4.69) is 5.32 Å². The second-order valence-electron chi connectivity index (χ2n) is 5.47. The Bertz CT molecular complexity index is 800. The first kappa shape index (κ1) is 18.8. The fourth-order valence-electron chi connectivity index (χ4n) is 2.24. The predicted molar refractivity (Wildman–Crippen MR) is 93.3 cm³/mol. The zero-order chi connectivity index (χ0) is 18.4. The van der Waals surface area contributed by atoms with Gasteiger partial charge in [-0.25, -0.2) is 4.39 Å². The molecule has 7 heteroatoms. The summed E-state index contributed by atoms with van der Waals surface area (Å²) in [6.45, 7) is 3.29. The van der Waals surface area contributed by atoms with E-state index in [-0.39, 0.29) is 24.3 Å². The fourth-order valence-corrected chi connectivity index (χ4v) is 3.18. The number of nitrogens with one attached hydrogen (secondary N) is 1. The number of carbonyl (C=O) groups excluding carboxylic acids is 3. The molecule has 25 heavy (non-hydrogen) atoms. The number of hydrogen-bond donors (Lipinski definition) is 1. The second-order valence-corrected chi connectivity index (χ2v) is 6.93. The standard InChI is InChI=1S/C18H18FNO4S/c1-11-8-15(12(2)25-11)16(21)6-7-18(23)24-10-17(22)20-14-5-3-4-13(19)9-14/h3-5,8-9H,6-7,10H2,1-2H3,(H,20,22). The molecule has 2 rings (SSSR count). The van der Waals surface area contributed by atoms with Gasteiger partial charge in [0, 0.05) is 27.4 Å². The first-order valence-electron chi connectivity index (χ1n) is 7.66. The van der Waals surface area contributed by atoms with Crippen molar-refractivity contribution in [3.63, 3.8) is 0 Å². The molecule has 0 radical (unpaired) electrons. The van der Waals surface area contributed by atoms with Gasteiger partial charge in [-0.05, 0) is 38.1 Å². The van der Waals surface area contributed by atoms with Crippen molar-refractivity contribution in [1.82, 2.24) is 0 Å². The second kappa shape index (κ2) is 8.53. The minimum absolute atomic E-state index is 0.0291. The summed E-state index contributed by atoms with van der Waals surface area (Å²) in [5.41, 5.74) is 0.902. The third-order valence-corrected chi connectivity index (χ3v) is 4.34. The van der Waals surface area contributed by atoms with E-state index in [0.717, 1.165) is 15.8 Å². The molecular formula is C18H18FNO4S. The lowest BCUT2D eigenvalue weighted by Crippen LogP contribution is -2.21. The summed E-state index contributed by atoms with van der Waals surface area (Å²) in [6.07, 6.45) is -0.0677. The van der Waals surface area contributed by atoms with Crippen molar-refractivity contribution in [2.24, 2.45) is 0 Å². The third-order valence-electron chi connectivity index (χ3n) is 3.37. The normalized spacial score (nSPS) is 10.4. The quantitative estimate of drug-likeness (QED) is 0.602. The highest BCUT2D eigenvalue weighted by Crippen LogP contribution is 2.22. The largest absolute Gasteiger partial charge is 0.456 e. The minimum atomic E-state index is -0.632. The lowest BCUT2D eigenvalue weighted by Gasteiger charge is -2.06. The molecule has 0 unspecified atom stereocenters. The van der Waals surface area contributed by atoms with E-state index in [9.17, 15) is 18.8 Å². The zero-order valence-electron chi connectivity index (χ0n) is 13.9. The van der Waals surface area contributed by atoms with E-state index in [0.29, 0.717) is 5.56 Å². The zero-order valence-corrected chi connectivity index (χ0v) is 14.7. The monoisotopic (exact) mass is 363 g/mol. The highest BCUT2D eigenvalue weighted by molar-refractivity contribution is 7.12. The molecule has 5 nitrogen and oxygen atoms in total. The summed E-state index contributed by atoms with van der Waals surface area (Å²) in [6, 6.07) is 7.19. The van der Waals surface area contributed by atoms with Crippen LogP contribution in [0.15, 0.2) is 30.3 Å². The first-order valence-corrected chi connectivity index (χ1v) is 8.48. The smallest absolute Gasteiger partial charge is 0.306 e. The Morgan fingerprint density at radius 3 is 2.56 bits per heavy atom. The molecule has 1 amide bonds. The molecule has 132 valence electrons. The summed E-state index contributed by atoms with van der Waals surface area (Å²) in [7, 11) is 0. The number of carbonyl (C=O) groups is 3. The van der Waals surface area contributed by atoms with Crippen LogP contribution in [0.5, 0.6) is 0 Å². The molecule has 1 N–H and O–H groups in total. The number of aryl methyl sites for hydroxylation is 2. The molecule has 1 heterocycles. The van der Waals surface area contributed by atoms with Gasteiger partial charge in [0.2, 0.25) is 0 Å². The number of benzene rings is 1. The van der Waals surface area contributed by atoms with Gasteiger partial charge in [-0.15, -0.1) is 11.3 Å². The molecule has 0 saturated heterocycles. The van der Waals surface area contributed by atoms with Crippen LogP contribution < -0.4 is 5.32 Å². The van der Waals surface area contributed by atoms with Gasteiger partial charge >= 0.3 is 5.97 Å². The van der Waals surface area contributed by atoms with Crippen molar-refractivity contribution >= 4 is 34.7 Å². The van der Waals surface area contributed by atoms with Crippen molar-refractivity contribution in [2.45, 2.75) is 26.7 Å². The number of ether oxygens (including phenoxy) is 1. The lowest BCUT2D eigenvalue weighted by atomic mass is 10.1. The molecule has 0 aliphatic heterocycles. The maximum Gasteiger partial charge on any atom is 0.306 e.